The zero-order chi connectivity index (χ0) is 14.0. The van der Waals surface area contributed by atoms with Gasteiger partial charge in [0.15, 0.2) is 0 Å². The fraction of sp³-hybridized carbons (Fsp3) is 0.357. The van der Waals surface area contributed by atoms with Gasteiger partial charge in [-0.1, -0.05) is 22.0 Å². The van der Waals surface area contributed by atoms with Crippen molar-refractivity contribution >= 4 is 15.9 Å². The smallest absolute Gasteiger partial charge is 0.128 e. The predicted molar refractivity (Wildman–Crippen MR) is 77.3 cm³/mol. The van der Waals surface area contributed by atoms with E-state index in [4.69, 9.17) is 0 Å². The molecule has 0 saturated heterocycles. The van der Waals surface area contributed by atoms with Crippen LogP contribution in [-0.2, 0) is 13.6 Å². The minimum atomic E-state index is -0.197. The molecule has 0 amide bonds. The van der Waals surface area contributed by atoms with Crippen molar-refractivity contribution in [2.24, 2.45) is 7.05 Å². The van der Waals surface area contributed by atoms with Crippen molar-refractivity contribution < 1.29 is 4.39 Å². The number of hydrogen-bond acceptors (Lipinski definition) is 2. The summed E-state index contributed by atoms with van der Waals surface area (Å²) in [6, 6.07) is 5.25. The second-order valence-electron chi connectivity index (χ2n) is 4.65. The summed E-state index contributed by atoms with van der Waals surface area (Å²) in [4.78, 5) is 0. The Hall–Kier alpha value is -1.20. The van der Waals surface area contributed by atoms with E-state index >= 15 is 0 Å². The fourth-order valence-electron chi connectivity index (χ4n) is 1.98. The number of rotatable bonds is 4. The number of benzene rings is 1. The monoisotopic (exact) mass is 325 g/mol. The highest BCUT2D eigenvalue weighted by Gasteiger charge is 2.12. The summed E-state index contributed by atoms with van der Waals surface area (Å²) in [5, 5.41) is 7.54. The molecule has 0 aliphatic rings. The summed E-state index contributed by atoms with van der Waals surface area (Å²) < 4.78 is 16.3. The Morgan fingerprint density at radius 3 is 2.79 bits per heavy atom. The summed E-state index contributed by atoms with van der Waals surface area (Å²) in [5.41, 5.74) is 2.92. The molecule has 1 atom stereocenters. The quantitative estimate of drug-likeness (QED) is 0.932. The number of nitrogens with zero attached hydrogens (tertiary/aromatic N) is 2. The van der Waals surface area contributed by atoms with E-state index in [0.29, 0.717) is 12.1 Å². The van der Waals surface area contributed by atoms with Crippen LogP contribution in [0.2, 0.25) is 0 Å². The molecule has 5 heteroatoms. The lowest BCUT2D eigenvalue weighted by atomic mass is 10.1. The van der Waals surface area contributed by atoms with E-state index in [-0.39, 0.29) is 11.9 Å². The molecular formula is C14H17BrFN3. The van der Waals surface area contributed by atoms with Crippen molar-refractivity contribution in [3.8, 4) is 0 Å². The number of hydrogen-bond donors (Lipinski definition) is 1. The van der Waals surface area contributed by atoms with Crippen molar-refractivity contribution in [1.29, 1.82) is 0 Å². The first-order valence-electron chi connectivity index (χ1n) is 6.15. The summed E-state index contributed by atoms with van der Waals surface area (Å²) >= 11 is 3.25. The lowest BCUT2D eigenvalue weighted by molar-refractivity contribution is 0.541. The van der Waals surface area contributed by atoms with Crippen molar-refractivity contribution in [3.63, 3.8) is 0 Å². The highest BCUT2D eigenvalue weighted by molar-refractivity contribution is 9.10. The van der Waals surface area contributed by atoms with Crippen molar-refractivity contribution in [1.82, 2.24) is 15.1 Å². The number of aryl methyl sites for hydroxylation is 1. The van der Waals surface area contributed by atoms with Gasteiger partial charge >= 0.3 is 0 Å². The molecule has 0 radical (unpaired) electrons. The molecule has 2 rings (SSSR count). The van der Waals surface area contributed by atoms with Gasteiger partial charge in [-0.3, -0.25) is 4.68 Å². The summed E-state index contributed by atoms with van der Waals surface area (Å²) in [5.74, 6) is -0.197. The third kappa shape index (κ3) is 3.22. The second kappa shape index (κ2) is 5.84. The number of nitrogens with one attached hydrogen (secondary N) is 1. The minimum absolute atomic E-state index is 0.136. The molecule has 0 fully saturated rings. The number of aromatic nitrogens is 2. The Labute approximate surface area is 121 Å². The maximum atomic E-state index is 13.7. The maximum Gasteiger partial charge on any atom is 0.128 e. The molecule has 19 heavy (non-hydrogen) atoms. The van der Waals surface area contributed by atoms with Crippen LogP contribution in [0.25, 0.3) is 0 Å². The Balaban J connectivity index is 2.04. The lowest BCUT2D eigenvalue weighted by Gasteiger charge is -2.14. The second-order valence-corrected chi connectivity index (χ2v) is 5.56. The predicted octanol–water partition coefficient (Wildman–Crippen LogP) is 3.48. The molecule has 2 aromatic rings. The van der Waals surface area contributed by atoms with Crippen molar-refractivity contribution in [2.45, 2.75) is 26.4 Å². The van der Waals surface area contributed by atoms with Crippen LogP contribution in [0.3, 0.4) is 0 Å². The lowest BCUT2D eigenvalue weighted by Crippen LogP contribution is -2.19. The fourth-order valence-corrected chi connectivity index (χ4v) is 2.31. The number of halogens is 2. The van der Waals surface area contributed by atoms with E-state index < -0.39 is 0 Å². The van der Waals surface area contributed by atoms with Gasteiger partial charge in [-0.15, -0.1) is 0 Å². The van der Waals surface area contributed by atoms with Crippen molar-refractivity contribution in [3.05, 3.63) is 51.5 Å². The van der Waals surface area contributed by atoms with Crippen LogP contribution < -0.4 is 5.32 Å². The van der Waals surface area contributed by atoms with E-state index in [2.05, 4.69) is 33.3 Å². The van der Waals surface area contributed by atoms with Crippen LogP contribution in [0.1, 0.15) is 29.8 Å². The molecule has 0 saturated carbocycles. The van der Waals surface area contributed by atoms with E-state index in [0.717, 1.165) is 15.7 Å². The first-order chi connectivity index (χ1) is 8.99. The van der Waals surface area contributed by atoms with Gasteiger partial charge in [0.1, 0.15) is 5.82 Å². The van der Waals surface area contributed by atoms with Gasteiger partial charge in [0.05, 0.1) is 6.20 Å². The molecular weight excluding hydrogens is 309 g/mol. The van der Waals surface area contributed by atoms with Gasteiger partial charge in [-0.05, 0) is 26.0 Å². The molecule has 0 aliphatic carbocycles. The Morgan fingerprint density at radius 2 is 2.21 bits per heavy atom. The van der Waals surface area contributed by atoms with Crippen LogP contribution in [0.5, 0.6) is 0 Å². The summed E-state index contributed by atoms with van der Waals surface area (Å²) in [6.45, 7) is 4.58. The third-order valence-corrected chi connectivity index (χ3v) is 3.85. The highest BCUT2D eigenvalue weighted by atomic mass is 79.9. The molecule has 0 aliphatic heterocycles. The molecule has 1 aromatic heterocycles. The Kier molecular flexibility index (Phi) is 4.37. The SMILES string of the molecule is Cc1c(C(C)NCc2ccc(Br)cc2F)cnn1C. The van der Waals surface area contributed by atoms with E-state index in [1.807, 2.05) is 30.9 Å². The van der Waals surface area contributed by atoms with Gasteiger partial charge in [-0.25, -0.2) is 4.39 Å². The van der Waals surface area contributed by atoms with Gasteiger partial charge in [0.2, 0.25) is 0 Å². The largest absolute Gasteiger partial charge is 0.306 e. The zero-order valence-corrected chi connectivity index (χ0v) is 12.8. The van der Waals surface area contributed by atoms with Crippen LogP contribution in [0.15, 0.2) is 28.9 Å². The normalized spacial score (nSPS) is 12.7. The maximum absolute atomic E-state index is 13.7. The standard InChI is InChI=1S/C14H17BrFN3/c1-9(13-8-18-19(3)10(13)2)17-7-11-4-5-12(15)6-14(11)16/h4-6,8-9,17H,7H2,1-3H3. The average Bonchev–Trinajstić information content (AvgIpc) is 2.69. The molecule has 0 bridgehead atoms. The summed E-state index contributed by atoms with van der Waals surface area (Å²) in [6.07, 6.45) is 1.85. The van der Waals surface area contributed by atoms with Crippen LogP contribution in [-0.4, -0.2) is 9.78 Å². The van der Waals surface area contributed by atoms with Crippen LogP contribution in [0.4, 0.5) is 4.39 Å². The Bertz CT molecular complexity index is 580. The van der Waals surface area contributed by atoms with E-state index in [1.54, 1.807) is 6.07 Å². The molecule has 102 valence electrons. The highest BCUT2D eigenvalue weighted by Crippen LogP contribution is 2.19. The van der Waals surface area contributed by atoms with Gasteiger partial charge in [0, 0.05) is 40.9 Å². The first kappa shape index (κ1) is 14.2. The molecule has 0 spiro atoms. The zero-order valence-electron chi connectivity index (χ0n) is 11.2. The molecule has 1 N–H and O–H groups in total. The van der Waals surface area contributed by atoms with Crippen molar-refractivity contribution in [2.75, 3.05) is 0 Å². The molecule has 1 aromatic carbocycles. The minimum Gasteiger partial charge on any atom is -0.306 e. The van der Waals surface area contributed by atoms with Gasteiger partial charge in [-0.2, -0.15) is 5.10 Å². The topological polar surface area (TPSA) is 29.9 Å². The molecule has 1 heterocycles. The van der Waals surface area contributed by atoms with Crippen LogP contribution in [0, 0.1) is 12.7 Å². The van der Waals surface area contributed by atoms with Crippen LogP contribution >= 0.6 is 15.9 Å². The third-order valence-electron chi connectivity index (χ3n) is 3.35. The Morgan fingerprint density at radius 1 is 1.47 bits per heavy atom. The first-order valence-corrected chi connectivity index (χ1v) is 6.94. The molecule has 3 nitrogen and oxygen atoms in total. The van der Waals surface area contributed by atoms with Gasteiger partial charge in [0.25, 0.3) is 0 Å². The van der Waals surface area contributed by atoms with E-state index in [1.165, 1.54) is 6.07 Å². The van der Waals surface area contributed by atoms with Gasteiger partial charge < -0.3 is 5.32 Å². The summed E-state index contributed by atoms with van der Waals surface area (Å²) in [7, 11) is 1.92. The van der Waals surface area contributed by atoms with E-state index in [9.17, 15) is 4.39 Å². The average molecular weight is 326 g/mol. The molecule has 1 unspecified atom stereocenters.